The molecule has 5 nitrogen and oxygen atoms in total. The maximum Gasteiger partial charge on any atom is 0.308 e. The smallest absolute Gasteiger partial charge is 0.308 e. The molecule has 0 aromatic carbocycles. The van der Waals surface area contributed by atoms with Gasteiger partial charge in [0.25, 0.3) is 5.91 Å². The monoisotopic (exact) mass is 225 g/mol. The molecule has 1 aromatic heterocycles. The van der Waals surface area contributed by atoms with Crippen LogP contribution in [-0.4, -0.2) is 23.5 Å². The average molecular weight is 225 g/mol. The molecule has 0 fully saturated rings. The van der Waals surface area contributed by atoms with Crippen LogP contribution in [-0.2, 0) is 4.79 Å². The molecule has 1 heterocycles. The molecule has 2 N–H and O–H groups in total. The Morgan fingerprint density at radius 3 is 2.62 bits per heavy atom. The highest BCUT2D eigenvalue weighted by Crippen LogP contribution is 2.06. The van der Waals surface area contributed by atoms with Crippen LogP contribution in [0.15, 0.2) is 16.5 Å². The normalized spacial score (nSPS) is 12.1. The van der Waals surface area contributed by atoms with E-state index in [9.17, 15) is 9.59 Å². The second kappa shape index (κ2) is 5.34. The number of carbonyl (C=O) groups excluding carboxylic acids is 1. The van der Waals surface area contributed by atoms with Gasteiger partial charge in [-0.15, -0.1) is 0 Å². The highest BCUT2D eigenvalue weighted by Gasteiger charge is 2.17. The lowest BCUT2D eigenvalue weighted by molar-refractivity contribution is -0.141. The maximum atomic E-state index is 11.5. The largest absolute Gasteiger partial charge is 0.481 e. The van der Waals surface area contributed by atoms with Crippen molar-refractivity contribution in [3.05, 3.63) is 23.7 Å². The number of rotatable bonds is 5. The van der Waals surface area contributed by atoms with Gasteiger partial charge in [-0.25, -0.2) is 0 Å². The Morgan fingerprint density at radius 2 is 2.19 bits per heavy atom. The van der Waals surface area contributed by atoms with E-state index in [1.807, 2.05) is 0 Å². The Hall–Kier alpha value is -1.78. The Kier molecular flexibility index (Phi) is 4.10. The molecule has 5 heteroatoms. The maximum absolute atomic E-state index is 11.5. The number of carboxylic acids is 1. The number of amides is 1. The van der Waals surface area contributed by atoms with Gasteiger partial charge in [0.15, 0.2) is 5.76 Å². The van der Waals surface area contributed by atoms with E-state index in [2.05, 4.69) is 5.32 Å². The summed E-state index contributed by atoms with van der Waals surface area (Å²) in [6.07, 6.45) is 0.479. The molecule has 0 aliphatic rings. The van der Waals surface area contributed by atoms with Gasteiger partial charge in [-0.3, -0.25) is 9.59 Å². The lowest BCUT2D eigenvalue weighted by Gasteiger charge is -2.09. The Morgan fingerprint density at radius 1 is 1.50 bits per heavy atom. The van der Waals surface area contributed by atoms with Gasteiger partial charge < -0.3 is 14.8 Å². The Balaban J connectivity index is 2.49. The number of aryl methyl sites for hydroxylation is 1. The number of hydrogen-bond acceptors (Lipinski definition) is 3. The predicted molar refractivity (Wildman–Crippen MR) is 57.2 cm³/mol. The van der Waals surface area contributed by atoms with Crippen LogP contribution in [0, 0.1) is 12.8 Å². The first-order valence-corrected chi connectivity index (χ1v) is 5.12. The van der Waals surface area contributed by atoms with E-state index >= 15 is 0 Å². The number of carboxylic acid groups (broad SMARTS) is 1. The van der Waals surface area contributed by atoms with E-state index in [0.717, 1.165) is 0 Å². The molecule has 1 rings (SSSR count). The summed E-state index contributed by atoms with van der Waals surface area (Å²) in [5.41, 5.74) is 0. The first-order chi connectivity index (χ1) is 7.54. The van der Waals surface area contributed by atoms with E-state index in [0.29, 0.717) is 12.2 Å². The van der Waals surface area contributed by atoms with Crippen LogP contribution >= 0.6 is 0 Å². The van der Waals surface area contributed by atoms with Crippen molar-refractivity contribution in [1.29, 1.82) is 0 Å². The van der Waals surface area contributed by atoms with Gasteiger partial charge >= 0.3 is 5.97 Å². The zero-order valence-corrected chi connectivity index (χ0v) is 9.32. The fourth-order valence-corrected chi connectivity index (χ4v) is 1.27. The van der Waals surface area contributed by atoms with E-state index in [-0.39, 0.29) is 18.2 Å². The number of aliphatic carboxylic acids is 1. The summed E-state index contributed by atoms with van der Waals surface area (Å²) in [4.78, 5) is 22.2. The highest BCUT2D eigenvalue weighted by atomic mass is 16.4. The van der Waals surface area contributed by atoms with Crippen molar-refractivity contribution in [3.63, 3.8) is 0 Å². The molecule has 1 amide bonds. The summed E-state index contributed by atoms with van der Waals surface area (Å²) < 4.78 is 5.11. The molecule has 16 heavy (non-hydrogen) atoms. The molecule has 0 spiro atoms. The lowest BCUT2D eigenvalue weighted by Crippen LogP contribution is -2.32. The van der Waals surface area contributed by atoms with Crippen molar-refractivity contribution in [3.8, 4) is 0 Å². The molecule has 0 radical (unpaired) electrons. The van der Waals surface area contributed by atoms with Crippen LogP contribution in [0.2, 0.25) is 0 Å². The summed E-state index contributed by atoms with van der Waals surface area (Å²) >= 11 is 0. The number of nitrogens with one attached hydrogen (secondary N) is 1. The van der Waals surface area contributed by atoms with Gasteiger partial charge in [-0.05, 0) is 25.5 Å². The van der Waals surface area contributed by atoms with Crippen LogP contribution in [0.3, 0.4) is 0 Å². The van der Waals surface area contributed by atoms with E-state index < -0.39 is 11.9 Å². The van der Waals surface area contributed by atoms with E-state index in [1.54, 1.807) is 26.0 Å². The van der Waals surface area contributed by atoms with Crippen LogP contribution in [0.5, 0.6) is 0 Å². The van der Waals surface area contributed by atoms with Crippen molar-refractivity contribution in [2.45, 2.75) is 20.3 Å². The molecular weight excluding hydrogens is 210 g/mol. The van der Waals surface area contributed by atoms with Gasteiger partial charge in [0.05, 0.1) is 5.92 Å². The standard InChI is InChI=1S/C11H15NO4/c1-3-8(11(14)15)6-12-10(13)9-5-4-7(2)16-9/h4-5,8H,3,6H2,1-2H3,(H,12,13)(H,14,15). The van der Waals surface area contributed by atoms with Crippen molar-refractivity contribution in [1.82, 2.24) is 5.32 Å². The minimum atomic E-state index is -0.904. The van der Waals surface area contributed by atoms with E-state index in [1.165, 1.54) is 0 Å². The molecule has 0 aliphatic carbocycles. The van der Waals surface area contributed by atoms with E-state index in [4.69, 9.17) is 9.52 Å². The molecule has 0 saturated heterocycles. The summed E-state index contributed by atoms with van der Waals surface area (Å²) in [5, 5.41) is 11.3. The van der Waals surface area contributed by atoms with Gasteiger partial charge in [-0.1, -0.05) is 6.92 Å². The summed E-state index contributed by atoms with van der Waals surface area (Å²) in [7, 11) is 0. The third-order valence-electron chi connectivity index (χ3n) is 2.32. The first kappa shape index (κ1) is 12.3. The van der Waals surface area contributed by atoms with Crippen LogP contribution in [0.1, 0.15) is 29.7 Å². The number of furan rings is 1. The van der Waals surface area contributed by atoms with Crippen molar-refractivity contribution in [2.75, 3.05) is 6.54 Å². The quantitative estimate of drug-likeness (QED) is 0.794. The van der Waals surface area contributed by atoms with Crippen LogP contribution < -0.4 is 5.32 Å². The van der Waals surface area contributed by atoms with Crippen molar-refractivity contribution < 1.29 is 19.1 Å². The zero-order chi connectivity index (χ0) is 12.1. The zero-order valence-electron chi connectivity index (χ0n) is 9.32. The third-order valence-corrected chi connectivity index (χ3v) is 2.32. The van der Waals surface area contributed by atoms with Crippen LogP contribution in [0.4, 0.5) is 0 Å². The second-order valence-corrected chi connectivity index (χ2v) is 3.56. The molecular formula is C11H15NO4. The SMILES string of the molecule is CCC(CNC(=O)c1ccc(C)o1)C(=O)O. The number of hydrogen-bond donors (Lipinski definition) is 2. The predicted octanol–water partition coefficient (Wildman–Crippen LogP) is 1.43. The van der Waals surface area contributed by atoms with Gasteiger partial charge in [0, 0.05) is 6.54 Å². The van der Waals surface area contributed by atoms with Crippen molar-refractivity contribution in [2.24, 2.45) is 5.92 Å². The molecule has 0 aliphatic heterocycles. The fraction of sp³-hybridized carbons (Fsp3) is 0.455. The topological polar surface area (TPSA) is 79.5 Å². The third kappa shape index (κ3) is 3.12. The summed E-state index contributed by atoms with van der Waals surface area (Å²) in [6, 6.07) is 3.25. The molecule has 1 aromatic rings. The van der Waals surface area contributed by atoms with Crippen LogP contribution in [0.25, 0.3) is 0 Å². The Bertz CT molecular complexity index is 383. The molecule has 0 saturated carbocycles. The minimum absolute atomic E-state index is 0.115. The fourth-order valence-electron chi connectivity index (χ4n) is 1.27. The molecule has 1 unspecified atom stereocenters. The molecule has 1 atom stereocenters. The summed E-state index contributed by atoms with van der Waals surface area (Å²) in [6.45, 7) is 3.62. The Labute approximate surface area is 93.4 Å². The lowest BCUT2D eigenvalue weighted by atomic mass is 10.1. The molecule has 0 bridgehead atoms. The number of carbonyl (C=O) groups is 2. The first-order valence-electron chi connectivity index (χ1n) is 5.12. The molecule has 88 valence electrons. The average Bonchev–Trinajstić information content (AvgIpc) is 2.65. The van der Waals surface area contributed by atoms with Gasteiger partial charge in [-0.2, -0.15) is 0 Å². The summed E-state index contributed by atoms with van der Waals surface area (Å²) in [5.74, 6) is -0.987. The second-order valence-electron chi connectivity index (χ2n) is 3.56. The highest BCUT2D eigenvalue weighted by molar-refractivity contribution is 5.91. The minimum Gasteiger partial charge on any atom is -0.481 e. The van der Waals surface area contributed by atoms with Gasteiger partial charge in [0.2, 0.25) is 0 Å². The van der Waals surface area contributed by atoms with Gasteiger partial charge in [0.1, 0.15) is 5.76 Å². The van der Waals surface area contributed by atoms with Crippen molar-refractivity contribution >= 4 is 11.9 Å².